The molecule has 2 aromatic rings. The number of carbonyl (C=O) groups excluding carboxylic acids is 1. The van der Waals surface area contributed by atoms with Gasteiger partial charge in [-0.05, 0) is 48.1 Å². The molecule has 2 saturated carbocycles. The molecule has 35 heavy (non-hydrogen) atoms. The Morgan fingerprint density at radius 1 is 0.971 bits per heavy atom. The van der Waals surface area contributed by atoms with Gasteiger partial charge in [0.2, 0.25) is 0 Å². The van der Waals surface area contributed by atoms with Crippen molar-refractivity contribution < 1.29 is 22.1 Å². The molecular formula is C28H35BrO5S. The predicted octanol–water partition coefficient (Wildman–Crippen LogP) is 6.40. The SMILES string of the molecule is CC1(C)C2CCC1(CS(=O)(=O)OCCCCO[C@H](c1ccccc1)[C@@H](Br)c1ccccc1)C(=O)C2. The number of alkyl halides is 1. The van der Waals surface area contributed by atoms with E-state index in [9.17, 15) is 13.2 Å². The van der Waals surface area contributed by atoms with Crippen LogP contribution in [0.3, 0.4) is 0 Å². The zero-order chi connectivity index (χ0) is 25.1. The molecule has 0 N–H and O–H groups in total. The van der Waals surface area contributed by atoms with Crippen LogP contribution in [-0.4, -0.2) is 33.2 Å². The average Bonchev–Trinajstić information content (AvgIpc) is 3.18. The van der Waals surface area contributed by atoms with Gasteiger partial charge in [-0.25, -0.2) is 0 Å². The largest absolute Gasteiger partial charge is 0.372 e. The van der Waals surface area contributed by atoms with Crippen molar-refractivity contribution in [3.8, 4) is 0 Å². The molecule has 7 heteroatoms. The predicted molar refractivity (Wildman–Crippen MR) is 141 cm³/mol. The molecule has 0 aromatic heterocycles. The number of ketones is 1. The number of fused-ring (bicyclic) bond motifs is 2. The Balaban J connectivity index is 1.27. The third-order valence-electron chi connectivity index (χ3n) is 8.17. The molecular weight excluding hydrogens is 528 g/mol. The first kappa shape index (κ1) is 26.5. The quantitative estimate of drug-likeness (QED) is 0.170. The summed E-state index contributed by atoms with van der Waals surface area (Å²) in [5.74, 6) is 0.181. The van der Waals surface area contributed by atoms with Gasteiger partial charge in [0.25, 0.3) is 10.1 Å². The molecule has 2 unspecified atom stereocenters. The first-order valence-corrected chi connectivity index (χ1v) is 14.9. The number of hydrogen-bond acceptors (Lipinski definition) is 5. The number of ether oxygens (including phenoxy) is 1. The van der Waals surface area contributed by atoms with E-state index in [4.69, 9.17) is 8.92 Å². The van der Waals surface area contributed by atoms with Gasteiger partial charge in [-0.15, -0.1) is 0 Å². The Kier molecular flexibility index (Phi) is 8.21. The van der Waals surface area contributed by atoms with Crippen LogP contribution in [0.25, 0.3) is 0 Å². The monoisotopic (exact) mass is 562 g/mol. The van der Waals surface area contributed by atoms with Crippen molar-refractivity contribution >= 4 is 31.8 Å². The van der Waals surface area contributed by atoms with Gasteiger partial charge in [0.1, 0.15) is 5.78 Å². The molecule has 2 bridgehead atoms. The lowest BCUT2D eigenvalue weighted by molar-refractivity contribution is -0.128. The lowest BCUT2D eigenvalue weighted by Gasteiger charge is -2.35. The number of carbonyl (C=O) groups is 1. The minimum Gasteiger partial charge on any atom is -0.372 e. The molecule has 2 aliphatic carbocycles. The minimum absolute atomic E-state index is 0.00970. The Morgan fingerprint density at radius 2 is 1.57 bits per heavy atom. The Morgan fingerprint density at radius 3 is 2.14 bits per heavy atom. The van der Waals surface area contributed by atoms with Crippen LogP contribution in [0.4, 0.5) is 0 Å². The molecule has 2 aliphatic rings. The third-order valence-corrected chi connectivity index (χ3v) is 10.6. The van der Waals surface area contributed by atoms with Crippen LogP contribution >= 0.6 is 15.9 Å². The third kappa shape index (κ3) is 5.58. The number of Topliss-reactive ketones (excluding diaryl/α,β-unsaturated/α-hetero) is 1. The molecule has 0 saturated heterocycles. The van der Waals surface area contributed by atoms with Gasteiger partial charge >= 0.3 is 0 Å². The van der Waals surface area contributed by atoms with Crippen LogP contribution in [0.2, 0.25) is 0 Å². The van der Waals surface area contributed by atoms with Gasteiger partial charge < -0.3 is 4.74 Å². The first-order chi connectivity index (χ1) is 16.7. The Bertz CT molecular complexity index is 1100. The minimum atomic E-state index is -3.78. The molecule has 4 atom stereocenters. The lowest BCUT2D eigenvalue weighted by Crippen LogP contribution is -2.42. The molecule has 0 spiro atoms. The van der Waals surface area contributed by atoms with Gasteiger partial charge in [-0.1, -0.05) is 90.4 Å². The lowest BCUT2D eigenvalue weighted by atomic mass is 9.70. The number of unbranched alkanes of at least 4 members (excludes halogenated alkanes) is 1. The fourth-order valence-corrected chi connectivity index (χ4v) is 8.36. The topological polar surface area (TPSA) is 69.7 Å². The van der Waals surface area contributed by atoms with Gasteiger partial charge in [0.05, 0.1) is 28.7 Å². The number of rotatable bonds is 12. The van der Waals surface area contributed by atoms with E-state index in [-0.39, 0.29) is 40.4 Å². The molecule has 190 valence electrons. The van der Waals surface area contributed by atoms with Crippen molar-refractivity contribution in [3.63, 3.8) is 0 Å². The van der Waals surface area contributed by atoms with Crippen molar-refractivity contribution in [3.05, 3.63) is 71.8 Å². The van der Waals surface area contributed by atoms with Gasteiger partial charge in [0, 0.05) is 13.0 Å². The fraction of sp³-hybridized carbons (Fsp3) is 0.536. The maximum Gasteiger partial charge on any atom is 0.268 e. The molecule has 5 nitrogen and oxygen atoms in total. The molecule has 2 aromatic carbocycles. The summed E-state index contributed by atoms with van der Waals surface area (Å²) in [6.07, 6.45) is 3.13. The van der Waals surface area contributed by atoms with E-state index >= 15 is 0 Å². The maximum atomic E-state index is 12.8. The number of halogens is 1. The van der Waals surface area contributed by atoms with Crippen molar-refractivity contribution in [2.24, 2.45) is 16.7 Å². The van der Waals surface area contributed by atoms with E-state index in [1.807, 2.05) is 50.2 Å². The normalized spacial score (nSPS) is 25.0. The smallest absolute Gasteiger partial charge is 0.268 e. The second-order valence-corrected chi connectivity index (χ2v) is 13.0. The molecule has 0 heterocycles. The van der Waals surface area contributed by atoms with Crippen LogP contribution < -0.4 is 0 Å². The van der Waals surface area contributed by atoms with Gasteiger partial charge in [0.15, 0.2) is 0 Å². The number of benzene rings is 2. The summed E-state index contributed by atoms with van der Waals surface area (Å²) < 4.78 is 37.1. The zero-order valence-electron chi connectivity index (χ0n) is 20.5. The van der Waals surface area contributed by atoms with E-state index in [0.717, 1.165) is 17.5 Å². The van der Waals surface area contributed by atoms with E-state index in [1.165, 1.54) is 0 Å². The van der Waals surface area contributed by atoms with Crippen LogP contribution in [0.15, 0.2) is 60.7 Å². The van der Waals surface area contributed by atoms with Crippen molar-refractivity contribution in [1.29, 1.82) is 0 Å². The van der Waals surface area contributed by atoms with Crippen molar-refractivity contribution in [2.75, 3.05) is 19.0 Å². The van der Waals surface area contributed by atoms with Crippen LogP contribution in [0, 0.1) is 16.7 Å². The van der Waals surface area contributed by atoms with Crippen molar-refractivity contribution in [2.45, 2.75) is 56.9 Å². The highest BCUT2D eigenvalue weighted by Crippen LogP contribution is 2.64. The highest BCUT2D eigenvalue weighted by Gasteiger charge is 2.65. The first-order valence-electron chi connectivity index (χ1n) is 12.4. The Labute approximate surface area is 217 Å². The molecule has 2 fully saturated rings. The van der Waals surface area contributed by atoms with Crippen LogP contribution in [-0.2, 0) is 23.8 Å². The second-order valence-electron chi connectivity index (χ2n) is 10.4. The molecule has 0 radical (unpaired) electrons. The van der Waals surface area contributed by atoms with E-state index in [1.54, 1.807) is 0 Å². The summed E-state index contributed by atoms with van der Waals surface area (Å²) >= 11 is 3.81. The van der Waals surface area contributed by atoms with Crippen LogP contribution in [0.5, 0.6) is 0 Å². The molecule has 0 amide bonds. The Hall–Kier alpha value is -1.54. The second kappa shape index (κ2) is 10.8. The summed E-state index contributed by atoms with van der Waals surface area (Å²) in [5.41, 5.74) is 1.14. The molecule has 0 aliphatic heterocycles. The average molecular weight is 564 g/mol. The maximum absolute atomic E-state index is 12.8. The highest BCUT2D eigenvalue weighted by molar-refractivity contribution is 9.09. The van der Waals surface area contributed by atoms with Crippen LogP contribution in [0.1, 0.15) is 68.0 Å². The summed E-state index contributed by atoms with van der Waals surface area (Å²) in [6, 6.07) is 20.2. The summed E-state index contributed by atoms with van der Waals surface area (Å²) in [5, 5.41) is 0. The fourth-order valence-electron chi connectivity index (χ4n) is 5.86. The van der Waals surface area contributed by atoms with E-state index < -0.39 is 15.5 Å². The van der Waals surface area contributed by atoms with Gasteiger partial charge in [-0.2, -0.15) is 8.42 Å². The standard InChI is InChI=1S/C28H35BrO5S/c1-27(2)23-15-16-28(27,24(30)19-23)20-35(31,32)34-18-10-9-17-33-26(22-13-7-4-8-14-22)25(29)21-11-5-3-6-12-21/h3-8,11-14,23,25-26H,9-10,15-20H2,1-2H3/t23?,25-,26+,28?/m0/s1. The van der Waals surface area contributed by atoms with E-state index in [0.29, 0.717) is 32.3 Å². The van der Waals surface area contributed by atoms with E-state index in [2.05, 4.69) is 40.2 Å². The number of hydrogen-bond donors (Lipinski definition) is 0. The highest BCUT2D eigenvalue weighted by atomic mass is 79.9. The summed E-state index contributed by atoms with van der Waals surface area (Å²) in [4.78, 5) is 12.7. The summed E-state index contributed by atoms with van der Waals surface area (Å²) in [7, 11) is -3.78. The molecule has 4 rings (SSSR count). The van der Waals surface area contributed by atoms with Gasteiger partial charge in [-0.3, -0.25) is 8.98 Å². The summed E-state index contributed by atoms with van der Waals surface area (Å²) in [6.45, 7) is 4.66. The van der Waals surface area contributed by atoms with Crippen molar-refractivity contribution in [1.82, 2.24) is 0 Å². The zero-order valence-corrected chi connectivity index (χ0v) is 22.9.